The van der Waals surface area contributed by atoms with Gasteiger partial charge >= 0.3 is 0 Å². The van der Waals surface area contributed by atoms with Gasteiger partial charge in [0.05, 0.1) is 0 Å². The Morgan fingerprint density at radius 2 is 2.21 bits per heavy atom. The van der Waals surface area contributed by atoms with Gasteiger partial charge in [-0.05, 0) is 38.5 Å². The number of rotatable bonds is 6. The molecule has 0 saturated heterocycles. The molecule has 82 valence electrons. The van der Waals surface area contributed by atoms with Gasteiger partial charge in [0.15, 0.2) is 0 Å². The lowest BCUT2D eigenvalue weighted by molar-refractivity contribution is -0.130. The molecule has 2 N–H and O–H groups in total. The average Bonchev–Trinajstić information content (AvgIpc) is 2.87. The second-order valence-corrected chi connectivity index (χ2v) is 4.59. The summed E-state index contributed by atoms with van der Waals surface area (Å²) in [6, 6.07) is 0.219. The number of carbonyl (C=O) groups excluding carboxylic acids is 1. The summed E-state index contributed by atoms with van der Waals surface area (Å²) in [5, 5.41) is 0. The van der Waals surface area contributed by atoms with Gasteiger partial charge in [-0.15, -0.1) is 0 Å². The van der Waals surface area contributed by atoms with E-state index >= 15 is 0 Å². The summed E-state index contributed by atoms with van der Waals surface area (Å²) in [6.07, 6.45) is 5.13. The van der Waals surface area contributed by atoms with Crippen LogP contribution in [0.15, 0.2) is 0 Å². The fraction of sp³-hybridized carbons (Fsp3) is 0.909. The van der Waals surface area contributed by atoms with Crippen LogP contribution in [0.3, 0.4) is 0 Å². The maximum absolute atomic E-state index is 11.6. The Hall–Kier alpha value is -0.570. The maximum atomic E-state index is 11.6. The lowest BCUT2D eigenvalue weighted by Gasteiger charge is -2.16. The van der Waals surface area contributed by atoms with Crippen molar-refractivity contribution < 1.29 is 4.79 Å². The van der Waals surface area contributed by atoms with E-state index in [2.05, 4.69) is 0 Å². The molecule has 3 nitrogen and oxygen atoms in total. The molecular weight excluding hydrogens is 176 g/mol. The topological polar surface area (TPSA) is 46.3 Å². The highest BCUT2D eigenvalue weighted by molar-refractivity contribution is 5.75. The fourth-order valence-corrected chi connectivity index (χ4v) is 1.56. The van der Waals surface area contributed by atoms with E-state index in [9.17, 15) is 4.79 Å². The molecule has 1 rings (SSSR count). The molecule has 3 heteroatoms. The number of hydrogen-bond donors (Lipinski definition) is 1. The third-order valence-corrected chi connectivity index (χ3v) is 2.70. The molecule has 1 saturated carbocycles. The molecule has 0 spiro atoms. The number of carbonyl (C=O) groups is 1. The van der Waals surface area contributed by atoms with Crippen LogP contribution < -0.4 is 5.73 Å². The van der Waals surface area contributed by atoms with E-state index in [0.29, 0.717) is 6.42 Å². The zero-order valence-corrected chi connectivity index (χ0v) is 9.33. The van der Waals surface area contributed by atoms with E-state index in [-0.39, 0.29) is 11.9 Å². The first-order valence-corrected chi connectivity index (χ1v) is 5.59. The molecule has 0 bridgehead atoms. The van der Waals surface area contributed by atoms with Gasteiger partial charge in [-0.2, -0.15) is 0 Å². The van der Waals surface area contributed by atoms with Crippen molar-refractivity contribution in [2.45, 2.75) is 45.1 Å². The average molecular weight is 198 g/mol. The highest BCUT2D eigenvalue weighted by Crippen LogP contribution is 2.29. The van der Waals surface area contributed by atoms with Crippen LogP contribution in [0.1, 0.15) is 39.0 Å². The molecule has 0 aromatic rings. The lowest BCUT2D eigenvalue weighted by Crippen LogP contribution is -2.28. The van der Waals surface area contributed by atoms with Crippen LogP contribution in [0.5, 0.6) is 0 Å². The molecule has 14 heavy (non-hydrogen) atoms. The summed E-state index contributed by atoms with van der Waals surface area (Å²) in [6.45, 7) is 2.94. The Labute approximate surface area is 86.6 Å². The molecule has 0 radical (unpaired) electrons. The first kappa shape index (κ1) is 11.5. The highest BCUT2D eigenvalue weighted by Gasteiger charge is 2.24. The van der Waals surface area contributed by atoms with E-state index in [1.54, 1.807) is 0 Å². The van der Waals surface area contributed by atoms with Crippen molar-refractivity contribution in [2.75, 3.05) is 13.6 Å². The van der Waals surface area contributed by atoms with Crippen molar-refractivity contribution in [2.24, 2.45) is 11.7 Å². The standard InChI is InChI=1S/C11H22N2O/c1-9(12)4-3-5-11(14)13(2)8-10-6-7-10/h9-10H,3-8,12H2,1-2H3. The van der Waals surface area contributed by atoms with Gasteiger partial charge in [0.1, 0.15) is 0 Å². The van der Waals surface area contributed by atoms with Crippen LogP contribution in [0.25, 0.3) is 0 Å². The van der Waals surface area contributed by atoms with Gasteiger partial charge < -0.3 is 10.6 Å². The molecule has 0 heterocycles. The van der Waals surface area contributed by atoms with Crippen LogP contribution in [-0.4, -0.2) is 30.4 Å². The minimum absolute atomic E-state index is 0.219. The summed E-state index contributed by atoms with van der Waals surface area (Å²) in [5.74, 6) is 1.06. The van der Waals surface area contributed by atoms with Crippen molar-refractivity contribution in [3.63, 3.8) is 0 Å². The predicted molar refractivity (Wildman–Crippen MR) is 57.9 cm³/mol. The second kappa shape index (κ2) is 5.35. The third-order valence-electron chi connectivity index (χ3n) is 2.70. The Morgan fingerprint density at radius 3 is 2.71 bits per heavy atom. The molecule has 1 unspecified atom stereocenters. The van der Waals surface area contributed by atoms with Crippen LogP contribution in [0.4, 0.5) is 0 Å². The van der Waals surface area contributed by atoms with E-state index in [4.69, 9.17) is 5.73 Å². The van der Waals surface area contributed by atoms with Gasteiger partial charge in [-0.1, -0.05) is 0 Å². The van der Waals surface area contributed by atoms with Gasteiger partial charge in [0.2, 0.25) is 5.91 Å². The van der Waals surface area contributed by atoms with Crippen LogP contribution >= 0.6 is 0 Å². The smallest absolute Gasteiger partial charge is 0.222 e. The molecule has 1 atom stereocenters. The zero-order valence-electron chi connectivity index (χ0n) is 9.33. The van der Waals surface area contributed by atoms with Crippen LogP contribution in [0.2, 0.25) is 0 Å². The fourth-order valence-electron chi connectivity index (χ4n) is 1.56. The molecule has 1 fully saturated rings. The minimum atomic E-state index is 0.219. The largest absolute Gasteiger partial charge is 0.345 e. The number of nitrogens with zero attached hydrogens (tertiary/aromatic N) is 1. The molecule has 0 aromatic heterocycles. The van der Waals surface area contributed by atoms with Crippen molar-refractivity contribution in [1.29, 1.82) is 0 Å². The Kier molecular flexibility index (Phi) is 4.39. The summed E-state index contributed by atoms with van der Waals surface area (Å²) in [5.41, 5.74) is 5.62. The van der Waals surface area contributed by atoms with Gasteiger partial charge in [-0.3, -0.25) is 4.79 Å². The van der Waals surface area contributed by atoms with E-state index in [1.165, 1.54) is 12.8 Å². The molecule has 1 aliphatic rings. The zero-order chi connectivity index (χ0) is 10.6. The molecule has 1 amide bonds. The quantitative estimate of drug-likeness (QED) is 0.700. The van der Waals surface area contributed by atoms with Crippen molar-refractivity contribution in [3.05, 3.63) is 0 Å². The van der Waals surface area contributed by atoms with Gasteiger partial charge in [0.25, 0.3) is 0 Å². The summed E-state index contributed by atoms with van der Waals surface area (Å²) < 4.78 is 0. The molecule has 0 aromatic carbocycles. The number of amides is 1. The van der Waals surface area contributed by atoms with E-state index in [0.717, 1.165) is 25.3 Å². The normalized spacial score (nSPS) is 17.9. The van der Waals surface area contributed by atoms with E-state index in [1.807, 2.05) is 18.9 Å². The van der Waals surface area contributed by atoms with Gasteiger partial charge in [0, 0.05) is 26.1 Å². The molecule has 0 aliphatic heterocycles. The van der Waals surface area contributed by atoms with Crippen molar-refractivity contribution >= 4 is 5.91 Å². The summed E-state index contributed by atoms with van der Waals surface area (Å²) in [4.78, 5) is 13.4. The molecule has 1 aliphatic carbocycles. The monoisotopic (exact) mass is 198 g/mol. The van der Waals surface area contributed by atoms with Crippen LogP contribution in [0, 0.1) is 5.92 Å². The predicted octanol–water partition coefficient (Wildman–Crippen LogP) is 1.37. The maximum Gasteiger partial charge on any atom is 0.222 e. The van der Waals surface area contributed by atoms with Crippen molar-refractivity contribution in [1.82, 2.24) is 4.90 Å². The highest BCUT2D eigenvalue weighted by atomic mass is 16.2. The van der Waals surface area contributed by atoms with E-state index < -0.39 is 0 Å². The Bertz CT molecular complexity index is 188. The number of nitrogens with two attached hydrogens (primary N) is 1. The van der Waals surface area contributed by atoms with Crippen LogP contribution in [-0.2, 0) is 4.79 Å². The third kappa shape index (κ3) is 4.61. The molecular formula is C11H22N2O. The minimum Gasteiger partial charge on any atom is -0.345 e. The Balaban J connectivity index is 2.06. The SMILES string of the molecule is CC(N)CCCC(=O)N(C)CC1CC1. The lowest BCUT2D eigenvalue weighted by atomic mass is 10.1. The number of hydrogen-bond acceptors (Lipinski definition) is 2. The van der Waals surface area contributed by atoms with Crippen molar-refractivity contribution in [3.8, 4) is 0 Å². The summed E-state index contributed by atoms with van der Waals surface area (Å²) in [7, 11) is 1.91. The Morgan fingerprint density at radius 1 is 1.57 bits per heavy atom. The first-order valence-electron chi connectivity index (χ1n) is 5.59. The summed E-state index contributed by atoms with van der Waals surface area (Å²) >= 11 is 0. The first-order chi connectivity index (χ1) is 6.59. The second-order valence-electron chi connectivity index (χ2n) is 4.59. The van der Waals surface area contributed by atoms with Gasteiger partial charge in [-0.25, -0.2) is 0 Å².